The van der Waals surface area contributed by atoms with Crippen LogP contribution in [-0.4, -0.2) is 41.5 Å². The van der Waals surface area contributed by atoms with Crippen molar-refractivity contribution < 1.29 is 9.53 Å². The first-order valence-corrected chi connectivity index (χ1v) is 8.79. The van der Waals surface area contributed by atoms with E-state index >= 15 is 0 Å². The summed E-state index contributed by atoms with van der Waals surface area (Å²) in [7, 11) is 0. The zero-order chi connectivity index (χ0) is 16.2. The average Bonchev–Trinajstić information content (AvgIpc) is 3.22. The van der Waals surface area contributed by atoms with Crippen molar-refractivity contribution >= 4 is 29.7 Å². The van der Waals surface area contributed by atoms with Gasteiger partial charge in [-0.15, -0.1) is 23.7 Å². The van der Waals surface area contributed by atoms with Crippen molar-refractivity contribution in [3.05, 3.63) is 35.3 Å². The van der Waals surface area contributed by atoms with Crippen molar-refractivity contribution in [3.63, 3.8) is 0 Å². The van der Waals surface area contributed by atoms with Crippen LogP contribution in [0.5, 0.6) is 5.75 Å². The van der Waals surface area contributed by atoms with Crippen LogP contribution >= 0.6 is 23.7 Å². The molecular weight excluding hydrogens is 346 g/mol. The molecule has 0 aliphatic carbocycles. The summed E-state index contributed by atoms with van der Waals surface area (Å²) in [6.45, 7) is 4.13. The third-order valence-electron chi connectivity index (χ3n) is 3.81. The number of amides is 1. The van der Waals surface area contributed by atoms with Gasteiger partial charge in [0.15, 0.2) is 0 Å². The van der Waals surface area contributed by atoms with Gasteiger partial charge in [-0.1, -0.05) is 6.92 Å². The summed E-state index contributed by atoms with van der Waals surface area (Å²) >= 11 is 1.48. The van der Waals surface area contributed by atoms with Crippen LogP contribution in [0, 0.1) is 0 Å². The quantitative estimate of drug-likeness (QED) is 0.881. The molecule has 0 bridgehead atoms. The first-order valence-electron chi connectivity index (χ1n) is 7.91. The van der Waals surface area contributed by atoms with E-state index in [4.69, 9.17) is 10.5 Å². The van der Waals surface area contributed by atoms with Crippen molar-refractivity contribution in [1.29, 1.82) is 0 Å². The van der Waals surface area contributed by atoms with E-state index in [-0.39, 0.29) is 24.4 Å². The molecule has 0 radical (unpaired) electrons. The van der Waals surface area contributed by atoms with Crippen LogP contribution in [0.25, 0.3) is 10.6 Å². The lowest BCUT2D eigenvalue weighted by Gasteiger charge is -2.13. The molecule has 2 aromatic rings. The Morgan fingerprint density at radius 1 is 1.42 bits per heavy atom. The monoisotopic (exact) mass is 367 g/mol. The predicted molar refractivity (Wildman–Crippen MR) is 99.1 cm³/mol. The van der Waals surface area contributed by atoms with Crippen LogP contribution in [0.4, 0.5) is 0 Å². The van der Waals surface area contributed by atoms with Crippen molar-refractivity contribution in [1.82, 2.24) is 9.88 Å². The highest BCUT2D eigenvalue weighted by molar-refractivity contribution is 7.13. The smallest absolute Gasteiger partial charge is 0.273 e. The van der Waals surface area contributed by atoms with E-state index in [1.165, 1.54) is 11.3 Å². The van der Waals surface area contributed by atoms with E-state index in [0.717, 1.165) is 35.7 Å². The molecule has 5 nitrogen and oxygen atoms in total. The van der Waals surface area contributed by atoms with Crippen LogP contribution in [-0.2, 0) is 0 Å². The minimum Gasteiger partial charge on any atom is -0.494 e. The fourth-order valence-electron chi connectivity index (χ4n) is 2.55. The third-order valence-corrected chi connectivity index (χ3v) is 4.70. The zero-order valence-corrected chi connectivity index (χ0v) is 15.2. The predicted octanol–water partition coefficient (Wildman–Crippen LogP) is 3.19. The number of carbonyl (C=O) groups excluding carboxylic acids is 1. The molecule has 24 heavy (non-hydrogen) atoms. The van der Waals surface area contributed by atoms with E-state index in [2.05, 4.69) is 11.9 Å². The van der Waals surface area contributed by atoms with Gasteiger partial charge in [0.05, 0.1) is 6.61 Å². The maximum atomic E-state index is 12.4. The molecule has 1 aliphatic heterocycles. The number of hydrogen-bond donors (Lipinski definition) is 1. The topological polar surface area (TPSA) is 68.5 Å². The Hall–Kier alpha value is -1.63. The van der Waals surface area contributed by atoms with Gasteiger partial charge < -0.3 is 15.4 Å². The number of thiazole rings is 1. The molecule has 1 aliphatic rings. The number of aromatic nitrogens is 1. The Morgan fingerprint density at radius 2 is 2.17 bits per heavy atom. The molecule has 1 atom stereocenters. The number of nitrogens with two attached hydrogens (primary N) is 1. The van der Waals surface area contributed by atoms with Gasteiger partial charge in [-0.3, -0.25) is 4.79 Å². The molecule has 1 aromatic heterocycles. The Labute approximate surface area is 152 Å². The summed E-state index contributed by atoms with van der Waals surface area (Å²) in [5.41, 5.74) is 7.36. The SMILES string of the molecule is CCCOc1ccc(-c2nc(C(=O)N3CC[C@@H](N)C3)cs2)cc1.Cl. The van der Waals surface area contributed by atoms with E-state index in [1.807, 2.05) is 29.6 Å². The van der Waals surface area contributed by atoms with Crippen molar-refractivity contribution in [2.75, 3.05) is 19.7 Å². The maximum absolute atomic E-state index is 12.4. The fourth-order valence-corrected chi connectivity index (χ4v) is 3.35. The van der Waals surface area contributed by atoms with Gasteiger partial charge in [0.1, 0.15) is 16.5 Å². The highest BCUT2D eigenvalue weighted by Crippen LogP contribution is 2.26. The molecule has 0 saturated carbocycles. The lowest BCUT2D eigenvalue weighted by Crippen LogP contribution is -2.32. The molecule has 7 heteroatoms. The molecule has 130 valence electrons. The maximum Gasteiger partial charge on any atom is 0.273 e. The second-order valence-electron chi connectivity index (χ2n) is 5.71. The number of nitrogens with zero attached hydrogens (tertiary/aromatic N) is 2. The average molecular weight is 368 g/mol. The van der Waals surface area contributed by atoms with Crippen molar-refractivity contribution in [2.45, 2.75) is 25.8 Å². The van der Waals surface area contributed by atoms with Gasteiger partial charge in [-0.25, -0.2) is 4.98 Å². The summed E-state index contributed by atoms with van der Waals surface area (Å²) in [6.07, 6.45) is 1.85. The molecule has 3 rings (SSSR count). The lowest BCUT2D eigenvalue weighted by molar-refractivity contribution is 0.0786. The highest BCUT2D eigenvalue weighted by Gasteiger charge is 2.26. The summed E-state index contributed by atoms with van der Waals surface area (Å²) in [5, 5.41) is 2.67. The van der Waals surface area contributed by atoms with Gasteiger partial charge in [0.25, 0.3) is 5.91 Å². The van der Waals surface area contributed by atoms with Crippen LogP contribution in [0.1, 0.15) is 30.3 Å². The molecule has 2 heterocycles. The molecular formula is C17H22ClN3O2S. The summed E-state index contributed by atoms with van der Waals surface area (Å²) in [5.74, 6) is 0.831. The summed E-state index contributed by atoms with van der Waals surface area (Å²) in [4.78, 5) is 18.7. The minimum atomic E-state index is -0.0247. The Balaban J connectivity index is 0.00000208. The van der Waals surface area contributed by atoms with Gasteiger partial charge in [0, 0.05) is 30.1 Å². The van der Waals surface area contributed by atoms with E-state index in [1.54, 1.807) is 4.90 Å². The molecule has 1 amide bonds. The lowest BCUT2D eigenvalue weighted by atomic mass is 10.2. The third kappa shape index (κ3) is 4.26. The summed E-state index contributed by atoms with van der Waals surface area (Å²) in [6, 6.07) is 7.92. The van der Waals surface area contributed by atoms with Crippen LogP contribution in [0.3, 0.4) is 0 Å². The number of rotatable bonds is 5. The number of halogens is 1. The Bertz CT molecular complexity index is 675. The van der Waals surface area contributed by atoms with Crippen molar-refractivity contribution in [3.8, 4) is 16.3 Å². The van der Waals surface area contributed by atoms with Crippen molar-refractivity contribution in [2.24, 2.45) is 5.73 Å². The normalized spacial score (nSPS) is 16.8. The van der Waals surface area contributed by atoms with Gasteiger partial charge >= 0.3 is 0 Å². The number of carbonyl (C=O) groups is 1. The molecule has 0 unspecified atom stereocenters. The first-order chi connectivity index (χ1) is 11.2. The molecule has 1 fully saturated rings. The largest absolute Gasteiger partial charge is 0.494 e. The molecule has 0 spiro atoms. The zero-order valence-electron chi connectivity index (χ0n) is 13.6. The number of ether oxygens (including phenoxy) is 1. The number of likely N-dealkylation sites (tertiary alicyclic amines) is 1. The van der Waals surface area contributed by atoms with E-state index in [9.17, 15) is 4.79 Å². The van der Waals surface area contributed by atoms with Gasteiger partial charge in [-0.2, -0.15) is 0 Å². The molecule has 2 N–H and O–H groups in total. The number of hydrogen-bond acceptors (Lipinski definition) is 5. The Kier molecular flexibility index (Phi) is 6.60. The van der Waals surface area contributed by atoms with Crippen LogP contribution < -0.4 is 10.5 Å². The van der Waals surface area contributed by atoms with E-state index in [0.29, 0.717) is 18.8 Å². The molecule has 1 saturated heterocycles. The fraction of sp³-hybridized carbons (Fsp3) is 0.412. The Morgan fingerprint density at radius 3 is 2.79 bits per heavy atom. The van der Waals surface area contributed by atoms with Crippen LogP contribution in [0.2, 0.25) is 0 Å². The van der Waals surface area contributed by atoms with Gasteiger partial charge in [-0.05, 0) is 37.1 Å². The van der Waals surface area contributed by atoms with Gasteiger partial charge in [0.2, 0.25) is 0 Å². The van der Waals surface area contributed by atoms with Crippen LogP contribution in [0.15, 0.2) is 29.6 Å². The highest BCUT2D eigenvalue weighted by atomic mass is 35.5. The van der Waals surface area contributed by atoms with E-state index < -0.39 is 0 Å². The molecule has 1 aromatic carbocycles. The first kappa shape index (κ1) is 18.7. The number of benzene rings is 1. The summed E-state index contributed by atoms with van der Waals surface area (Å²) < 4.78 is 5.58. The minimum absolute atomic E-state index is 0. The second-order valence-corrected chi connectivity index (χ2v) is 6.57. The second kappa shape index (κ2) is 8.46. The standard InChI is InChI=1S/C17H21N3O2S.ClH/c1-2-9-22-14-5-3-12(4-6-14)16-19-15(11-23-16)17(21)20-8-7-13(18)10-20;/h3-6,11,13H,2,7-10,18H2,1H3;1H/t13-;/m1./s1.